The van der Waals surface area contributed by atoms with Gasteiger partial charge in [0.2, 0.25) is 0 Å². The van der Waals surface area contributed by atoms with Crippen LogP contribution >= 0.6 is 0 Å². The summed E-state index contributed by atoms with van der Waals surface area (Å²) in [6, 6.07) is 4.14. The summed E-state index contributed by atoms with van der Waals surface area (Å²) in [5.74, 6) is 1.37. The summed E-state index contributed by atoms with van der Waals surface area (Å²) in [6.45, 7) is 11.2. The molecule has 0 atom stereocenters. The number of carbonyl (C=O) groups is 1. The Labute approximate surface area is 116 Å². The lowest BCUT2D eigenvalue weighted by Crippen LogP contribution is -2.30. The molecule has 0 aliphatic heterocycles. The maximum absolute atomic E-state index is 11.7. The normalized spacial score (nSPS) is 10.6. The lowest BCUT2D eigenvalue weighted by Gasteiger charge is -2.13. The van der Waals surface area contributed by atoms with Gasteiger partial charge in [0.1, 0.15) is 5.75 Å². The maximum Gasteiger partial charge on any atom is 0.257 e. The van der Waals surface area contributed by atoms with Crippen molar-refractivity contribution in [3.05, 3.63) is 28.8 Å². The molecule has 0 bridgehead atoms. The molecule has 0 heterocycles. The van der Waals surface area contributed by atoms with Crippen molar-refractivity contribution in [3.63, 3.8) is 0 Å². The first kappa shape index (κ1) is 15.5. The molecule has 106 valence electrons. The second-order valence-corrected chi connectivity index (χ2v) is 5.55. The van der Waals surface area contributed by atoms with Crippen LogP contribution < -0.4 is 10.1 Å². The van der Waals surface area contributed by atoms with Gasteiger partial charge in [-0.2, -0.15) is 0 Å². The highest BCUT2D eigenvalue weighted by Gasteiger charge is 2.08. The number of amides is 1. The van der Waals surface area contributed by atoms with Crippen molar-refractivity contribution in [2.24, 2.45) is 5.92 Å². The molecule has 19 heavy (non-hydrogen) atoms. The summed E-state index contributed by atoms with van der Waals surface area (Å²) >= 11 is 0. The summed E-state index contributed by atoms with van der Waals surface area (Å²) in [5, 5.41) is 2.87. The predicted octanol–water partition coefficient (Wildman–Crippen LogP) is 3.15. The maximum atomic E-state index is 11.7. The van der Waals surface area contributed by atoms with Crippen LogP contribution in [-0.2, 0) is 4.79 Å². The molecule has 0 radical (unpaired) electrons. The summed E-state index contributed by atoms with van der Waals surface area (Å²) in [6.07, 6.45) is 0.994. The van der Waals surface area contributed by atoms with E-state index in [1.165, 1.54) is 5.56 Å². The van der Waals surface area contributed by atoms with Crippen molar-refractivity contribution >= 4 is 5.91 Å². The Bertz CT molecular complexity index is 415. The lowest BCUT2D eigenvalue weighted by molar-refractivity contribution is -0.123. The van der Waals surface area contributed by atoms with E-state index in [4.69, 9.17) is 4.74 Å². The average molecular weight is 263 g/mol. The molecule has 0 unspecified atom stereocenters. The fraction of sp³-hybridized carbons (Fsp3) is 0.562. The van der Waals surface area contributed by atoms with Gasteiger partial charge in [-0.3, -0.25) is 4.79 Å². The summed E-state index contributed by atoms with van der Waals surface area (Å²) < 4.78 is 5.63. The van der Waals surface area contributed by atoms with E-state index in [0.717, 1.165) is 23.3 Å². The van der Waals surface area contributed by atoms with Gasteiger partial charge in [-0.1, -0.05) is 31.5 Å². The highest BCUT2D eigenvalue weighted by Crippen LogP contribution is 2.24. The van der Waals surface area contributed by atoms with Gasteiger partial charge in [0.25, 0.3) is 5.91 Å². The molecule has 0 fully saturated rings. The lowest BCUT2D eigenvalue weighted by atomic mass is 10.1. The first-order valence-electron chi connectivity index (χ1n) is 6.87. The van der Waals surface area contributed by atoms with Crippen molar-refractivity contribution in [1.29, 1.82) is 0 Å². The molecule has 0 saturated carbocycles. The zero-order valence-electron chi connectivity index (χ0n) is 12.7. The van der Waals surface area contributed by atoms with Gasteiger partial charge in [0.05, 0.1) is 0 Å². The molecule has 1 amide bonds. The Balaban J connectivity index is 2.46. The van der Waals surface area contributed by atoms with Crippen LogP contribution in [0.25, 0.3) is 0 Å². The number of hydrogen-bond acceptors (Lipinski definition) is 2. The van der Waals surface area contributed by atoms with Crippen molar-refractivity contribution < 1.29 is 9.53 Å². The quantitative estimate of drug-likeness (QED) is 0.856. The number of rotatable bonds is 6. The van der Waals surface area contributed by atoms with Crippen molar-refractivity contribution in [1.82, 2.24) is 5.32 Å². The smallest absolute Gasteiger partial charge is 0.257 e. The van der Waals surface area contributed by atoms with E-state index in [1.54, 1.807) is 0 Å². The van der Waals surface area contributed by atoms with Gasteiger partial charge in [-0.25, -0.2) is 0 Å². The Morgan fingerprint density at radius 2 is 1.79 bits per heavy atom. The largest absolute Gasteiger partial charge is 0.483 e. The molecule has 1 rings (SSSR count). The summed E-state index contributed by atoms with van der Waals surface area (Å²) in [5.41, 5.74) is 3.36. The number of aryl methyl sites for hydroxylation is 3. The number of hydrogen-bond donors (Lipinski definition) is 1. The van der Waals surface area contributed by atoms with Crippen molar-refractivity contribution in [2.45, 2.75) is 41.0 Å². The topological polar surface area (TPSA) is 38.3 Å². The number of nitrogens with one attached hydrogen (secondary N) is 1. The van der Waals surface area contributed by atoms with Crippen molar-refractivity contribution in [2.75, 3.05) is 13.2 Å². The molecule has 0 aromatic heterocycles. The molecular formula is C16H25NO2. The van der Waals surface area contributed by atoms with Crippen LogP contribution in [0.15, 0.2) is 12.1 Å². The van der Waals surface area contributed by atoms with E-state index >= 15 is 0 Å². The number of carbonyl (C=O) groups excluding carboxylic acids is 1. The molecule has 1 aromatic rings. The third-order valence-electron chi connectivity index (χ3n) is 3.00. The third kappa shape index (κ3) is 5.33. The zero-order valence-corrected chi connectivity index (χ0v) is 12.7. The molecular weight excluding hydrogens is 238 g/mol. The standard InChI is InChI=1S/C16H25NO2/c1-11(2)6-7-17-15(18)10-19-16-13(4)8-12(3)9-14(16)5/h8-9,11H,6-7,10H2,1-5H3,(H,17,18). The molecule has 3 nitrogen and oxygen atoms in total. The zero-order chi connectivity index (χ0) is 14.4. The average Bonchev–Trinajstić information content (AvgIpc) is 2.26. The minimum Gasteiger partial charge on any atom is -0.483 e. The monoisotopic (exact) mass is 263 g/mol. The van der Waals surface area contributed by atoms with Crippen LogP contribution in [-0.4, -0.2) is 19.1 Å². The third-order valence-corrected chi connectivity index (χ3v) is 3.00. The fourth-order valence-electron chi connectivity index (χ4n) is 2.08. The van der Waals surface area contributed by atoms with Gasteiger partial charge in [-0.15, -0.1) is 0 Å². The van der Waals surface area contributed by atoms with Crippen LogP contribution in [0.1, 0.15) is 37.0 Å². The van der Waals surface area contributed by atoms with Crippen LogP contribution in [0.2, 0.25) is 0 Å². The van der Waals surface area contributed by atoms with E-state index in [1.807, 2.05) is 13.8 Å². The second kappa shape index (κ2) is 7.17. The van der Waals surface area contributed by atoms with Crippen LogP contribution in [0.5, 0.6) is 5.75 Å². The van der Waals surface area contributed by atoms with Crippen molar-refractivity contribution in [3.8, 4) is 5.75 Å². The minimum atomic E-state index is -0.0555. The minimum absolute atomic E-state index is 0.0555. The molecule has 0 spiro atoms. The summed E-state index contributed by atoms with van der Waals surface area (Å²) in [7, 11) is 0. The second-order valence-electron chi connectivity index (χ2n) is 5.55. The Morgan fingerprint density at radius 1 is 1.21 bits per heavy atom. The van der Waals surface area contributed by atoms with E-state index in [2.05, 4.69) is 38.2 Å². The molecule has 0 aliphatic carbocycles. The molecule has 1 N–H and O–H groups in total. The highest BCUT2D eigenvalue weighted by molar-refractivity contribution is 5.77. The molecule has 1 aromatic carbocycles. The number of benzene rings is 1. The Hall–Kier alpha value is -1.51. The van der Waals surface area contributed by atoms with Crippen LogP contribution in [0.3, 0.4) is 0 Å². The highest BCUT2D eigenvalue weighted by atomic mass is 16.5. The van der Waals surface area contributed by atoms with E-state index in [-0.39, 0.29) is 12.5 Å². The van der Waals surface area contributed by atoms with E-state index < -0.39 is 0 Å². The van der Waals surface area contributed by atoms with Gasteiger partial charge >= 0.3 is 0 Å². The Morgan fingerprint density at radius 3 is 2.32 bits per heavy atom. The molecule has 3 heteroatoms. The summed E-state index contributed by atoms with van der Waals surface area (Å²) in [4.78, 5) is 11.7. The Kier molecular flexibility index (Phi) is 5.87. The number of ether oxygens (including phenoxy) is 1. The van der Waals surface area contributed by atoms with E-state index in [0.29, 0.717) is 12.5 Å². The van der Waals surface area contributed by atoms with Crippen LogP contribution in [0.4, 0.5) is 0 Å². The molecule has 0 saturated heterocycles. The fourth-order valence-corrected chi connectivity index (χ4v) is 2.08. The van der Waals surface area contributed by atoms with Gasteiger partial charge in [0, 0.05) is 6.54 Å². The van der Waals surface area contributed by atoms with Gasteiger partial charge < -0.3 is 10.1 Å². The van der Waals surface area contributed by atoms with E-state index in [9.17, 15) is 4.79 Å². The molecule has 0 aliphatic rings. The first-order chi connectivity index (χ1) is 8.90. The van der Waals surface area contributed by atoms with Gasteiger partial charge in [-0.05, 0) is 44.2 Å². The predicted molar refractivity (Wildman–Crippen MR) is 78.6 cm³/mol. The SMILES string of the molecule is Cc1cc(C)c(OCC(=O)NCCC(C)C)c(C)c1. The van der Waals surface area contributed by atoms with Gasteiger partial charge in [0.15, 0.2) is 6.61 Å². The van der Waals surface area contributed by atoms with Crippen LogP contribution in [0, 0.1) is 26.7 Å². The first-order valence-corrected chi connectivity index (χ1v) is 6.87.